The third-order valence-electron chi connectivity index (χ3n) is 4.65. The number of aromatic nitrogens is 3. The number of aliphatic hydroxyl groups is 1. The van der Waals surface area contributed by atoms with Gasteiger partial charge in [-0.15, -0.1) is 0 Å². The fourth-order valence-electron chi connectivity index (χ4n) is 3.23. The van der Waals surface area contributed by atoms with Gasteiger partial charge >= 0.3 is 0 Å². The number of carbonyl (C=O) groups is 1. The summed E-state index contributed by atoms with van der Waals surface area (Å²) in [4.78, 5) is 12.5. The molecule has 2 aromatic heterocycles. The zero-order valence-electron chi connectivity index (χ0n) is 13.7. The molecule has 0 radical (unpaired) electrons. The summed E-state index contributed by atoms with van der Waals surface area (Å²) < 4.78 is 3.71. The van der Waals surface area contributed by atoms with Gasteiger partial charge in [-0.3, -0.25) is 9.48 Å². The van der Waals surface area contributed by atoms with E-state index in [1.165, 1.54) is 12.8 Å². The van der Waals surface area contributed by atoms with E-state index in [-0.39, 0.29) is 12.5 Å². The predicted molar refractivity (Wildman–Crippen MR) is 87.0 cm³/mol. The van der Waals surface area contributed by atoms with Gasteiger partial charge in [0.15, 0.2) is 0 Å². The molecular formula is C17H24N4O2. The molecule has 124 valence electrons. The molecule has 2 N–H and O–H groups in total. The van der Waals surface area contributed by atoms with Crippen LogP contribution in [0.2, 0.25) is 0 Å². The van der Waals surface area contributed by atoms with Crippen LogP contribution in [0.25, 0.3) is 0 Å². The zero-order chi connectivity index (χ0) is 16.4. The van der Waals surface area contributed by atoms with Crippen LogP contribution in [-0.4, -0.2) is 31.9 Å². The fraction of sp³-hybridized carbons (Fsp3) is 0.529. The fourth-order valence-corrected chi connectivity index (χ4v) is 3.23. The molecule has 2 heterocycles. The van der Waals surface area contributed by atoms with Crippen molar-refractivity contribution in [3.05, 3.63) is 42.0 Å². The molecule has 2 aromatic rings. The lowest BCUT2D eigenvalue weighted by Crippen LogP contribution is -2.39. The van der Waals surface area contributed by atoms with Crippen LogP contribution in [-0.2, 0) is 12.6 Å². The molecule has 0 aromatic carbocycles. The van der Waals surface area contributed by atoms with Gasteiger partial charge < -0.3 is 15.0 Å². The van der Waals surface area contributed by atoms with Crippen LogP contribution in [0.3, 0.4) is 0 Å². The van der Waals surface area contributed by atoms with Gasteiger partial charge in [0.2, 0.25) is 0 Å². The number of amides is 1. The van der Waals surface area contributed by atoms with Gasteiger partial charge in [-0.2, -0.15) is 5.10 Å². The summed E-state index contributed by atoms with van der Waals surface area (Å²) >= 11 is 0. The first-order valence-corrected chi connectivity index (χ1v) is 8.14. The molecule has 3 rings (SSSR count). The van der Waals surface area contributed by atoms with Gasteiger partial charge in [-0.1, -0.05) is 12.8 Å². The van der Waals surface area contributed by atoms with E-state index in [1.54, 1.807) is 31.0 Å². The van der Waals surface area contributed by atoms with Crippen LogP contribution in [0.4, 0.5) is 0 Å². The van der Waals surface area contributed by atoms with Crippen LogP contribution >= 0.6 is 0 Å². The first-order chi connectivity index (χ1) is 11.0. The minimum absolute atomic E-state index is 0.146. The van der Waals surface area contributed by atoms with E-state index in [2.05, 4.69) is 15.0 Å². The molecule has 0 saturated heterocycles. The smallest absolute Gasteiger partial charge is 0.268 e. The second-order valence-corrected chi connectivity index (χ2v) is 6.60. The van der Waals surface area contributed by atoms with Crippen molar-refractivity contribution in [3.8, 4) is 0 Å². The van der Waals surface area contributed by atoms with Crippen LogP contribution in [0.1, 0.15) is 54.7 Å². The lowest BCUT2D eigenvalue weighted by molar-refractivity contribution is 0.0522. The molecule has 6 heteroatoms. The van der Waals surface area contributed by atoms with Gasteiger partial charge in [0, 0.05) is 31.0 Å². The molecule has 1 fully saturated rings. The molecule has 0 aliphatic heterocycles. The quantitative estimate of drug-likeness (QED) is 0.886. The Kier molecular flexibility index (Phi) is 4.26. The third-order valence-corrected chi connectivity index (χ3v) is 4.65. The van der Waals surface area contributed by atoms with Gasteiger partial charge in [-0.05, 0) is 31.9 Å². The van der Waals surface area contributed by atoms with Crippen molar-refractivity contribution in [2.45, 2.75) is 44.2 Å². The topological polar surface area (TPSA) is 72.1 Å². The minimum Gasteiger partial charge on any atom is -0.383 e. The summed E-state index contributed by atoms with van der Waals surface area (Å²) in [5.41, 5.74) is 0.208. The van der Waals surface area contributed by atoms with Gasteiger partial charge in [0.1, 0.15) is 11.3 Å². The zero-order valence-corrected chi connectivity index (χ0v) is 13.7. The third kappa shape index (κ3) is 3.32. The molecule has 1 saturated carbocycles. The van der Waals surface area contributed by atoms with Crippen LogP contribution in [0.15, 0.2) is 30.7 Å². The SMILES string of the molecule is Cn1cc(C(C)(O)CNC(=O)c2cccn2C2CCCC2)cn1. The maximum absolute atomic E-state index is 12.5. The summed E-state index contributed by atoms with van der Waals surface area (Å²) in [6, 6.07) is 4.17. The Labute approximate surface area is 136 Å². The molecule has 1 aliphatic rings. The normalized spacial score (nSPS) is 18.0. The van der Waals surface area contributed by atoms with Gasteiger partial charge in [-0.25, -0.2) is 0 Å². The summed E-state index contributed by atoms with van der Waals surface area (Å²) in [5, 5.41) is 17.5. The van der Waals surface area contributed by atoms with Gasteiger partial charge in [0.05, 0.1) is 12.7 Å². The van der Waals surface area contributed by atoms with E-state index in [1.807, 2.05) is 18.3 Å². The van der Waals surface area contributed by atoms with E-state index in [0.717, 1.165) is 12.8 Å². The maximum atomic E-state index is 12.5. The van der Waals surface area contributed by atoms with Gasteiger partial charge in [0.25, 0.3) is 5.91 Å². The summed E-state index contributed by atoms with van der Waals surface area (Å²) in [6.07, 6.45) is 10.1. The van der Waals surface area contributed by atoms with E-state index >= 15 is 0 Å². The molecule has 1 amide bonds. The highest BCUT2D eigenvalue weighted by Crippen LogP contribution is 2.30. The second kappa shape index (κ2) is 6.20. The predicted octanol–water partition coefficient (Wildman–Crippen LogP) is 1.97. The monoisotopic (exact) mass is 316 g/mol. The number of aryl methyl sites for hydroxylation is 1. The van der Waals surface area contributed by atoms with Crippen molar-refractivity contribution in [3.63, 3.8) is 0 Å². The van der Waals surface area contributed by atoms with Crippen molar-refractivity contribution < 1.29 is 9.90 Å². The van der Waals surface area contributed by atoms with E-state index < -0.39 is 5.60 Å². The molecule has 23 heavy (non-hydrogen) atoms. The van der Waals surface area contributed by atoms with Crippen molar-refractivity contribution in [2.75, 3.05) is 6.54 Å². The Morgan fingerprint density at radius 3 is 2.87 bits per heavy atom. The molecule has 6 nitrogen and oxygen atoms in total. The maximum Gasteiger partial charge on any atom is 0.268 e. The molecular weight excluding hydrogens is 292 g/mol. The van der Waals surface area contributed by atoms with E-state index in [9.17, 15) is 9.90 Å². The second-order valence-electron chi connectivity index (χ2n) is 6.60. The standard InChI is InChI=1S/C17H24N4O2/c1-17(23,13-10-19-20(2)11-13)12-18-16(22)15-8-5-9-21(15)14-6-3-4-7-14/h5,8-11,14,23H,3-4,6-7,12H2,1-2H3,(H,18,22). The Hall–Kier alpha value is -2.08. The van der Waals surface area contributed by atoms with Crippen molar-refractivity contribution in [1.82, 2.24) is 19.7 Å². The van der Waals surface area contributed by atoms with Crippen molar-refractivity contribution in [1.29, 1.82) is 0 Å². The first kappa shape index (κ1) is 15.8. The first-order valence-electron chi connectivity index (χ1n) is 8.14. The highest BCUT2D eigenvalue weighted by Gasteiger charge is 2.27. The molecule has 1 unspecified atom stereocenters. The summed E-state index contributed by atoms with van der Waals surface area (Å²) in [5.74, 6) is -0.147. The number of hydrogen-bond donors (Lipinski definition) is 2. The number of nitrogens with one attached hydrogen (secondary N) is 1. The van der Waals surface area contributed by atoms with Crippen LogP contribution in [0.5, 0.6) is 0 Å². The lowest BCUT2D eigenvalue weighted by atomic mass is 10.00. The molecule has 1 atom stereocenters. The molecule has 0 spiro atoms. The number of nitrogens with zero attached hydrogens (tertiary/aromatic N) is 3. The highest BCUT2D eigenvalue weighted by molar-refractivity contribution is 5.92. The summed E-state index contributed by atoms with van der Waals surface area (Å²) in [7, 11) is 1.80. The van der Waals surface area contributed by atoms with Crippen molar-refractivity contribution >= 4 is 5.91 Å². The molecule has 0 bridgehead atoms. The number of hydrogen-bond acceptors (Lipinski definition) is 3. The Morgan fingerprint density at radius 2 is 2.22 bits per heavy atom. The molecule has 1 aliphatic carbocycles. The Bertz CT molecular complexity index is 680. The number of rotatable bonds is 5. The largest absolute Gasteiger partial charge is 0.383 e. The lowest BCUT2D eigenvalue weighted by Gasteiger charge is -2.23. The van der Waals surface area contributed by atoms with Crippen LogP contribution < -0.4 is 5.32 Å². The average molecular weight is 316 g/mol. The van der Waals surface area contributed by atoms with Crippen LogP contribution in [0, 0.1) is 0 Å². The Balaban J connectivity index is 1.67. The highest BCUT2D eigenvalue weighted by atomic mass is 16.3. The average Bonchev–Trinajstić information content (AvgIpc) is 3.24. The van der Waals surface area contributed by atoms with E-state index in [0.29, 0.717) is 17.3 Å². The summed E-state index contributed by atoms with van der Waals surface area (Å²) in [6.45, 7) is 1.83. The van der Waals surface area contributed by atoms with Crippen molar-refractivity contribution in [2.24, 2.45) is 7.05 Å². The number of carbonyl (C=O) groups excluding carboxylic acids is 1. The van der Waals surface area contributed by atoms with E-state index in [4.69, 9.17) is 0 Å². The minimum atomic E-state index is -1.14. The Morgan fingerprint density at radius 1 is 1.48 bits per heavy atom.